The molecule has 0 aliphatic heterocycles. The summed E-state index contributed by atoms with van der Waals surface area (Å²) in [6.45, 7) is 1.74. The van der Waals surface area contributed by atoms with Gasteiger partial charge in [0.1, 0.15) is 0 Å². The van der Waals surface area contributed by atoms with Crippen LogP contribution in [0.5, 0.6) is 0 Å². The number of nitrogens with zero attached hydrogens (tertiary/aromatic N) is 2. The van der Waals surface area contributed by atoms with E-state index in [9.17, 15) is 13.2 Å². The fraction of sp³-hybridized carbons (Fsp3) is 0.500. The van der Waals surface area contributed by atoms with Crippen molar-refractivity contribution in [1.82, 2.24) is 9.97 Å². The van der Waals surface area contributed by atoms with Crippen molar-refractivity contribution in [3.8, 4) is 0 Å². The lowest BCUT2D eigenvalue weighted by Crippen LogP contribution is -2.09. The Labute approximate surface area is 73.8 Å². The summed E-state index contributed by atoms with van der Waals surface area (Å²) in [5.41, 5.74) is 1.08. The van der Waals surface area contributed by atoms with Gasteiger partial charge in [-0.15, -0.1) is 0 Å². The average Bonchev–Trinajstić information content (AvgIpc) is 2.02. The minimum absolute atomic E-state index is 0.100. The molecular weight excluding hydrogens is 181 g/mol. The zero-order chi connectivity index (χ0) is 9.90. The Morgan fingerprint density at radius 3 is 2.38 bits per heavy atom. The molecule has 0 spiro atoms. The molecule has 1 aromatic rings. The highest BCUT2D eigenvalue weighted by Crippen LogP contribution is 2.21. The molecule has 0 saturated heterocycles. The number of hydrogen-bond donors (Lipinski definition) is 0. The fourth-order valence-corrected chi connectivity index (χ4v) is 0.818. The van der Waals surface area contributed by atoms with E-state index in [-0.39, 0.29) is 6.42 Å². The molecule has 0 aliphatic carbocycles. The van der Waals surface area contributed by atoms with Crippen molar-refractivity contribution in [2.75, 3.05) is 0 Å². The van der Waals surface area contributed by atoms with E-state index >= 15 is 0 Å². The first-order valence-electron chi connectivity index (χ1n) is 3.82. The molecule has 0 N–H and O–H groups in total. The summed E-state index contributed by atoms with van der Waals surface area (Å²) in [4.78, 5) is 7.67. The highest BCUT2D eigenvalue weighted by Gasteiger charge is 2.26. The van der Waals surface area contributed by atoms with Gasteiger partial charge in [-0.25, -0.2) is 0 Å². The monoisotopic (exact) mass is 190 g/mol. The minimum Gasteiger partial charge on any atom is -0.258 e. The first kappa shape index (κ1) is 9.95. The predicted octanol–water partition coefficient (Wildman–Crippen LogP) is 2.28. The molecule has 1 aromatic heterocycles. The molecule has 1 rings (SSSR count). The quantitative estimate of drug-likeness (QED) is 0.714. The summed E-state index contributed by atoms with van der Waals surface area (Å²) in [5, 5.41) is 0. The highest BCUT2D eigenvalue weighted by atomic mass is 19.4. The van der Waals surface area contributed by atoms with Gasteiger partial charge in [-0.3, -0.25) is 9.97 Å². The summed E-state index contributed by atoms with van der Waals surface area (Å²) >= 11 is 0. The second kappa shape index (κ2) is 3.72. The highest BCUT2D eigenvalue weighted by molar-refractivity contribution is 5.00. The third kappa shape index (κ3) is 3.87. The average molecular weight is 190 g/mol. The standard InChI is InChI=1S/C8H9F3N2/c1-6-4-13-7(5-12-6)2-3-8(9,10)11/h4-5H,2-3H2,1H3. The van der Waals surface area contributed by atoms with Crippen molar-refractivity contribution in [2.24, 2.45) is 0 Å². The van der Waals surface area contributed by atoms with Gasteiger partial charge < -0.3 is 0 Å². The summed E-state index contributed by atoms with van der Waals surface area (Å²) < 4.78 is 35.3. The van der Waals surface area contributed by atoms with Crippen LogP contribution >= 0.6 is 0 Å². The van der Waals surface area contributed by atoms with Crippen LogP contribution in [0.1, 0.15) is 17.8 Å². The van der Waals surface area contributed by atoms with E-state index in [0.29, 0.717) is 11.4 Å². The first-order valence-corrected chi connectivity index (χ1v) is 3.82. The lowest BCUT2D eigenvalue weighted by atomic mass is 10.2. The molecule has 2 nitrogen and oxygen atoms in total. The number of aryl methyl sites for hydroxylation is 2. The van der Waals surface area contributed by atoms with Gasteiger partial charge >= 0.3 is 6.18 Å². The number of halogens is 3. The maximum Gasteiger partial charge on any atom is 0.389 e. The normalized spacial score (nSPS) is 11.7. The van der Waals surface area contributed by atoms with E-state index in [0.717, 1.165) is 0 Å². The van der Waals surface area contributed by atoms with Crippen LogP contribution in [0.15, 0.2) is 12.4 Å². The Bertz CT molecular complexity index is 266. The zero-order valence-electron chi connectivity index (χ0n) is 7.10. The Balaban J connectivity index is 2.51. The molecule has 0 radical (unpaired) electrons. The zero-order valence-corrected chi connectivity index (χ0v) is 7.10. The molecule has 0 unspecified atom stereocenters. The van der Waals surface area contributed by atoms with E-state index in [2.05, 4.69) is 9.97 Å². The van der Waals surface area contributed by atoms with E-state index in [1.54, 1.807) is 6.92 Å². The van der Waals surface area contributed by atoms with Crippen LogP contribution in [0.3, 0.4) is 0 Å². The molecule has 5 heteroatoms. The third-order valence-corrected chi connectivity index (χ3v) is 1.50. The van der Waals surface area contributed by atoms with Gasteiger partial charge in [-0.2, -0.15) is 13.2 Å². The van der Waals surface area contributed by atoms with Gasteiger partial charge in [-0.1, -0.05) is 0 Å². The van der Waals surface area contributed by atoms with E-state index in [4.69, 9.17) is 0 Å². The maximum atomic E-state index is 11.8. The molecule has 0 amide bonds. The Morgan fingerprint density at radius 2 is 1.92 bits per heavy atom. The molecule has 72 valence electrons. The van der Waals surface area contributed by atoms with Gasteiger partial charge in [0.2, 0.25) is 0 Å². The van der Waals surface area contributed by atoms with Crippen LogP contribution in [-0.4, -0.2) is 16.1 Å². The molecule has 0 aliphatic rings. The minimum atomic E-state index is -4.12. The van der Waals surface area contributed by atoms with Crippen molar-refractivity contribution < 1.29 is 13.2 Å². The second-order valence-electron chi connectivity index (χ2n) is 2.76. The van der Waals surface area contributed by atoms with Crippen LogP contribution < -0.4 is 0 Å². The first-order chi connectivity index (χ1) is 5.97. The van der Waals surface area contributed by atoms with Crippen molar-refractivity contribution in [1.29, 1.82) is 0 Å². The summed E-state index contributed by atoms with van der Waals surface area (Å²) in [6.07, 6.45) is -2.22. The largest absolute Gasteiger partial charge is 0.389 e. The smallest absolute Gasteiger partial charge is 0.258 e. The van der Waals surface area contributed by atoms with E-state index < -0.39 is 12.6 Å². The summed E-state index contributed by atoms with van der Waals surface area (Å²) in [7, 11) is 0. The van der Waals surface area contributed by atoms with Crippen LogP contribution in [0.4, 0.5) is 13.2 Å². The molecule has 0 aromatic carbocycles. The number of hydrogen-bond acceptors (Lipinski definition) is 2. The lowest BCUT2D eigenvalue weighted by Gasteiger charge is -2.04. The number of alkyl halides is 3. The van der Waals surface area contributed by atoms with Crippen molar-refractivity contribution in [3.05, 3.63) is 23.8 Å². The lowest BCUT2D eigenvalue weighted by molar-refractivity contribution is -0.134. The Kier molecular flexibility index (Phi) is 2.85. The summed E-state index contributed by atoms with van der Waals surface area (Å²) in [5.74, 6) is 0. The maximum absolute atomic E-state index is 11.8. The Hall–Kier alpha value is -1.13. The SMILES string of the molecule is Cc1cnc(CCC(F)(F)F)cn1. The molecule has 1 heterocycles. The van der Waals surface area contributed by atoms with Gasteiger partial charge in [-0.05, 0) is 13.3 Å². The van der Waals surface area contributed by atoms with Crippen molar-refractivity contribution >= 4 is 0 Å². The van der Waals surface area contributed by atoms with E-state index in [1.165, 1.54) is 12.4 Å². The molecule has 0 bridgehead atoms. The molecule has 0 atom stereocenters. The molecule has 0 fully saturated rings. The van der Waals surface area contributed by atoms with Crippen LogP contribution in [0, 0.1) is 6.92 Å². The van der Waals surface area contributed by atoms with Crippen LogP contribution in [0.25, 0.3) is 0 Å². The van der Waals surface area contributed by atoms with E-state index in [1.807, 2.05) is 0 Å². The summed E-state index contributed by atoms with van der Waals surface area (Å²) in [6, 6.07) is 0. The predicted molar refractivity (Wildman–Crippen MR) is 41.1 cm³/mol. The third-order valence-electron chi connectivity index (χ3n) is 1.50. The molecular formula is C8H9F3N2. The second-order valence-corrected chi connectivity index (χ2v) is 2.76. The van der Waals surface area contributed by atoms with Gasteiger partial charge in [0.25, 0.3) is 0 Å². The van der Waals surface area contributed by atoms with Crippen LogP contribution in [0.2, 0.25) is 0 Å². The topological polar surface area (TPSA) is 25.8 Å². The molecule has 0 saturated carbocycles. The van der Waals surface area contributed by atoms with Crippen molar-refractivity contribution in [2.45, 2.75) is 25.9 Å². The fourth-order valence-electron chi connectivity index (χ4n) is 0.818. The van der Waals surface area contributed by atoms with Gasteiger partial charge in [0.05, 0.1) is 11.4 Å². The van der Waals surface area contributed by atoms with Gasteiger partial charge in [0.15, 0.2) is 0 Å². The Morgan fingerprint density at radius 1 is 1.23 bits per heavy atom. The van der Waals surface area contributed by atoms with Crippen molar-refractivity contribution in [3.63, 3.8) is 0 Å². The van der Waals surface area contributed by atoms with Crippen LogP contribution in [-0.2, 0) is 6.42 Å². The number of rotatable bonds is 2. The molecule has 13 heavy (non-hydrogen) atoms. The number of aromatic nitrogens is 2. The van der Waals surface area contributed by atoms with Gasteiger partial charge in [0, 0.05) is 18.8 Å².